The third-order valence-electron chi connectivity index (χ3n) is 5.23. The largest absolute Gasteiger partial charge is 0.459 e. The van der Waals surface area contributed by atoms with Crippen LogP contribution in [0.5, 0.6) is 0 Å². The van der Waals surface area contributed by atoms with Crippen molar-refractivity contribution in [2.24, 2.45) is 0 Å². The van der Waals surface area contributed by atoms with Crippen molar-refractivity contribution in [1.29, 1.82) is 0 Å². The van der Waals surface area contributed by atoms with Gasteiger partial charge in [-0.05, 0) is 30.7 Å². The number of rotatable bonds is 4. The lowest BCUT2D eigenvalue weighted by molar-refractivity contribution is -0.125. The van der Waals surface area contributed by atoms with Gasteiger partial charge in [-0.25, -0.2) is 4.98 Å². The maximum absolute atomic E-state index is 12.6. The van der Waals surface area contributed by atoms with E-state index in [1.54, 1.807) is 24.2 Å². The molecule has 15 heteroatoms. The van der Waals surface area contributed by atoms with Gasteiger partial charge in [0.05, 0.1) is 19.1 Å². The minimum Gasteiger partial charge on any atom is -0.459 e. The van der Waals surface area contributed by atoms with Crippen molar-refractivity contribution in [3.8, 4) is 0 Å². The van der Waals surface area contributed by atoms with Gasteiger partial charge >= 0.3 is 0 Å². The molecule has 0 bridgehead atoms. The highest BCUT2D eigenvalue weighted by atomic mass is 32.2. The summed E-state index contributed by atoms with van der Waals surface area (Å²) in [7, 11) is -5.59. The van der Waals surface area contributed by atoms with Crippen LogP contribution in [0.1, 0.15) is 28.9 Å². The predicted molar refractivity (Wildman–Crippen MR) is 151 cm³/mol. The van der Waals surface area contributed by atoms with Crippen LogP contribution in [0.15, 0.2) is 47.0 Å². The molecule has 1 aliphatic rings. The van der Waals surface area contributed by atoms with Gasteiger partial charge in [-0.2, -0.15) is 16.8 Å². The monoisotopic (exact) mass is 596 g/mol. The summed E-state index contributed by atoms with van der Waals surface area (Å²) in [5.74, 6) is 1.42. The molecule has 3 aromatic rings. The number of nitrogens with zero attached hydrogens (tertiary/aromatic N) is 2. The molecule has 1 aromatic carbocycles. The van der Waals surface area contributed by atoms with E-state index in [0.717, 1.165) is 39.2 Å². The summed E-state index contributed by atoms with van der Waals surface area (Å²) < 4.78 is 57.6. The van der Waals surface area contributed by atoms with Gasteiger partial charge in [0.15, 0.2) is 0 Å². The number of likely N-dealkylation sites (N-methyl/N-ethyl adjacent to an activating group) is 1. The van der Waals surface area contributed by atoms with Gasteiger partial charge in [0, 0.05) is 55.3 Å². The number of nitrogens with one attached hydrogen (secondary N) is 2. The topological polar surface area (TPSA) is 196 Å². The summed E-state index contributed by atoms with van der Waals surface area (Å²) >= 11 is 0. The molecule has 40 heavy (non-hydrogen) atoms. The Hall–Kier alpha value is -3.79. The summed E-state index contributed by atoms with van der Waals surface area (Å²) in [6.45, 7) is 3.36. The summed E-state index contributed by atoms with van der Waals surface area (Å²) in [4.78, 5) is 30.2. The molecule has 3 heterocycles. The number of carbonyl (C=O) groups excluding carboxylic acids is 2. The first kappa shape index (κ1) is 32.4. The number of carbonyl (C=O) groups is 2. The molecule has 2 aromatic heterocycles. The Kier molecular flexibility index (Phi) is 11.4. The Bertz CT molecular complexity index is 1550. The third-order valence-corrected chi connectivity index (χ3v) is 5.23. The number of aryl methyl sites for hydroxylation is 1. The standard InChI is InChI=1S/C23H24N4O3.2CH4O3S/c1-15-18-5-3-4-6-19(18)30-20(15)14-27(2)22(29)8-7-16-11-17-13-25-21(28)9-10-24-23(17)26-12-16;2*1-5(2,3)4/h3-8,11-12H,9-10,13-14H2,1-2H3,(H,24,26)(H,25,28);2*1H3,(H,2,3,4)/b8-7+;;. The highest BCUT2D eigenvalue weighted by Gasteiger charge is 2.15. The molecule has 4 rings (SSSR count). The van der Waals surface area contributed by atoms with E-state index in [0.29, 0.717) is 38.6 Å². The van der Waals surface area contributed by atoms with Crippen molar-refractivity contribution in [3.63, 3.8) is 0 Å². The maximum atomic E-state index is 12.6. The van der Waals surface area contributed by atoms with Gasteiger partial charge in [-0.3, -0.25) is 18.7 Å². The van der Waals surface area contributed by atoms with E-state index >= 15 is 0 Å². The van der Waals surface area contributed by atoms with Gasteiger partial charge in [0.25, 0.3) is 20.2 Å². The van der Waals surface area contributed by atoms with E-state index in [9.17, 15) is 26.4 Å². The highest BCUT2D eigenvalue weighted by molar-refractivity contribution is 7.85. The minimum atomic E-state index is -3.67. The number of para-hydroxylation sites is 1. The third kappa shape index (κ3) is 11.9. The van der Waals surface area contributed by atoms with Gasteiger partial charge < -0.3 is 20.0 Å². The van der Waals surface area contributed by atoms with E-state index in [-0.39, 0.29) is 11.8 Å². The molecule has 2 amide bonds. The quantitative estimate of drug-likeness (QED) is 0.255. The lowest BCUT2D eigenvalue weighted by Crippen LogP contribution is -2.28. The highest BCUT2D eigenvalue weighted by Crippen LogP contribution is 2.25. The van der Waals surface area contributed by atoms with E-state index in [2.05, 4.69) is 15.6 Å². The predicted octanol–water partition coefficient (Wildman–Crippen LogP) is 2.25. The average Bonchev–Trinajstić information content (AvgIpc) is 3.13. The number of amides is 2. The zero-order valence-corrected chi connectivity index (χ0v) is 24.0. The molecular weight excluding hydrogens is 564 g/mol. The fourth-order valence-electron chi connectivity index (χ4n) is 3.45. The molecule has 0 spiro atoms. The number of benzene rings is 1. The average molecular weight is 597 g/mol. The molecule has 0 saturated heterocycles. The van der Waals surface area contributed by atoms with Crippen LogP contribution in [0, 0.1) is 6.92 Å². The first-order valence-electron chi connectivity index (χ1n) is 11.8. The second-order valence-electron chi connectivity index (χ2n) is 8.87. The number of anilines is 1. The molecule has 0 fully saturated rings. The Morgan fingerprint density at radius 3 is 2.38 bits per heavy atom. The fourth-order valence-corrected chi connectivity index (χ4v) is 3.45. The molecule has 0 aliphatic carbocycles. The van der Waals surface area contributed by atoms with Crippen molar-refractivity contribution < 1.29 is 39.9 Å². The van der Waals surface area contributed by atoms with Crippen LogP contribution in [0.3, 0.4) is 0 Å². The summed E-state index contributed by atoms with van der Waals surface area (Å²) in [5, 5.41) is 7.10. The molecule has 218 valence electrons. The van der Waals surface area contributed by atoms with E-state index in [1.165, 1.54) is 6.08 Å². The number of aromatic nitrogens is 1. The Balaban J connectivity index is 0.000000482. The summed E-state index contributed by atoms with van der Waals surface area (Å²) in [6, 6.07) is 9.78. The van der Waals surface area contributed by atoms with E-state index in [1.807, 2.05) is 37.3 Å². The Morgan fingerprint density at radius 2 is 1.75 bits per heavy atom. The maximum Gasteiger partial charge on any atom is 0.261 e. The van der Waals surface area contributed by atoms with Crippen LogP contribution in [0.2, 0.25) is 0 Å². The van der Waals surface area contributed by atoms with E-state index < -0.39 is 20.2 Å². The van der Waals surface area contributed by atoms with Crippen molar-refractivity contribution in [2.75, 3.05) is 31.4 Å². The zero-order chi connectivity index (χ0) is 30.1. The Morgan fingerprint density at radius 1 is 1.12 bits per heavy atom. The first-order chi connectivity index (χ1) is 18.5. The molecule has 0 radical (unpaired) electrons. The second kappa shape index (κ2) is 14.0. The van der Waals surface area contributed by atoms with Gasteiger partial charge in [-0.1, -0.05) is 18.2 Å². The number of fused-ring (bicyclic) bond motifs is 2. The number of pyridine rings is 1. The SMILES string of the molecule is CS(=O)(=O)O.CS(=O)(=O)O.Cc1c(CN(C)C(=O)/C=C/c2cnc3c(c2)CNC(=O)CCN3)oc2ccccc12. The van der Waals surface area contributed by atoms with Gasteiger partial charge in [0.2, 0.25) is 11.8 Å². The molecule has 0 unspecified atom stereocenters. The lowest BCUT2D eigenvalue weighted by atomic mass is 10.1. The first-order valence-corrected chi connectivity index (χ1v) is 15.5. The Labute approximate surface area is 232 Å². The van der Waals surface area contributed by atoms with Crippen LogP contribution in [0.4, 0.5) is 5.82 Å². The van der Waals surface area contributed by atoms with Crippen LogP contribution in [-0.2, 0) is 42.9 Å². The normalized spacial score (nSPS) is 13.4. The molecule has 4 N–H and O–H groups in total. The van der Waals surface area contributed by atoms with Crippen molar-refractivity contribution in [2.45, 2.75) is 26.4 Å². The zero-order valence-electron chi connectivity index (χ0n) is 22.4. The van der Waals surface area contributed by atoms with Crippen LogP contribution in [-0.4, -0.2) is 73.7 Å². The van der Waals surface area contributed by atoms with Crippen LogP contribution < -0.4 is 10.6 Å². The summed E-state index contributed by atoms with van der Waals surface area (Å²) in [5.41, 5.74) is 3.57. The second-order valence-corrected chi connectivity index (χ2v) is 11.8. The fraction of sp³-hybridized carbons (Fsp3) is 0.320. The van der Waals surface area contributed by atoms with Crippen LogP contribution >= 0.6 is 0 Å². The number of furan rings is 1. The molecular formula is C25H32N4O9S2. The molecule has 0 atom stereocenters. The number of hydrogen-bond acceptors (Lipinski definition) is 9. The molecule has 0 saturated carbocycles. The molecule has 13 nitrogen and oxygen atoms in total. The lowest BCUT2D eigenvalue weighted by Gasteiger charge is -2.16. The molecule has 1 aliphatic heterocycles. The summed E-state index contributed by atoms with van der Waals surface area (Å²) in [6.07, 6.45) is 6.82. The van der Waals surface area contributed by atoms with Crippen molar-refractivity contribution >= 4 is 54.9 Å². The number of hydrogen-bond donors (Lipinski definition) is 4. The van der Waals surface area contributed by atoms with Gasteiger partial charge in [0.1, 0.15) is 17.2 Å². The van der Waals surface area contributed by atoms with E-state index in [4.69, 9.17) is 13.5 Å². The smallest absolute Gasteiger partial charge is 0.261 e. The minimum absolute atomic E-state index is 0.00628. The van der Waals surface area contributed by atoms with Crippen molar-refractivity contribution in [3.05, 3.63) is 65.1 Å². The van der Waals surface area contributed by atoms with Crippen molar-refractivity contribution in [1.82, 2.24) is 15.2 Å². The van der Waals surface area contributed by atoms with Crippen LogP contribution in [0.25, 0.3) is 17.0 Å². The van der Waals surface area contributed by atoms with Gasteiger partial charge in [-0.15, -0.1) is 0 Å².